The van der Waals surface area contributed by atoms with Crippen molar-refractivity contribution in [3.05, 3.63) is 33.3 Å². The van der Waals surface area contributed by atoms with Crippen LogP contribution in [0.25, 0.3) is 0 Å². The zero-order valence-corrected chi connectivity index (χ0v) is 8.65. The van der Waals surface area contributed by atoms with E-state index in [0.29, 0.717) is 0 Å². The second kappa shape index (κ2) is 3.19. The highest BCUT2D eigenvalue weighted by atomic mass is 79.9. The lowest BCUT2D eigenvalue weighted by atomic mass is 9.99. The number of rotatable bonds is 0. The molecule has 0 aliphatic carbocycles. The van der Waals surface area contributed by atoms with Gasteiger partial charge in [0.25, 0.3) is 0 Å². The summed E-state index contributed by atoms with van der Waals surface area (Å²) in [6.07, 6.45) is 1.04. The van der Waals surface area contributed by atoms with Gasteiger partial charge in [0.05, 0.1) is 13.2 Å². The number of hydrogen-bond donors (Lipinski definition) is 0. The van der Waals surface area contributed by atoms with Gasteiger partial charge in [0.1, 0.15) is 0 Å². The van der Waals surface area contributed by atoms with Crippen LogP contribution in [0.2, 0.25) is 0 Å². The van der Waals surface area contributed by atoms with Crippen LogP contribution >= 0.6 is 15.9 Å². The van der Waals surface area contributed by atoms with Crippen molar-refractivity contribution in [2.75, 3.05) is 6.61 Å². The second-order valence-corrected chi connectivity index (χ2v) is 3.98. The van der Waals surface area contributed by atoms with E-state index < -0.39 is 0 Å². The first-order valence-corrected chi connectivity index (χ1v) is 4.93. The predicted octanol–water partition coefficient (Wildman–Crippen LogP) is 2.83. The third-order valence-electron chi connectivity index (χ3n) is 2.35. The van der Waals surface area contributed by atoms with Crippen molar-refractivity contribution in [1.82, 2.24) is 0 Å². The minimum Gasteiger partial charge on any atom is -0.376 e. The van der Waals surface area contributed by atoms with Crippen molar-refractivity contribution in [3.63, 3.8) is 0 Å². The molecule has 2 rings (SSSR count). The quantitative estimate of drug-likeness (QED) is 0.662. The Balaban J connectivity index is 2.57. The van der Waals surface area contributed by atoms with Gasteiger partial charge in [-0.1, -0.05) is 22.0 Å². The van der Waals surface area contributed by atoms with E-state index in [-0.39, 0.29) is 0 Å². The average Bonchev–Trinajstić information content (AvgIpc) is 2.12. The van der Waals surface area contributed by atoms with Crippen LogP contribution in [0, 0.1) is 6.92 Å². The summed E-state index contributed by atoms with van der Waals surface area (Å²) >= 11 is 3.56. The van der Waals surface area contributed by atoms with E-state index in [1.54, 1.807) is 0 Å². The van der Waals surface area contributed by atoms with E-state index in [2.05, 4.69) is 35.0 Å². The lowest BCUT2D eigenvalue weighted by Crippen LogP contribution is -2.11. The molecule has 1 aromatic rings. The van der Waals surface area contributed by atoms with E-state index in [9.17, 15) is 0 Å². The summed E-state index contributed by atoms with van der Waals surface area (Å²) in [5, 5.41) is 0. The molecule has 12 heavy (non-hydrogen) atoms. The maximum absolute atomic E-state index is 5.41. The Hall–Kier alpha value is -0.340. The van der Waals surface area contributed by atoms with Crippen LogP contribution < -0.4 is 0 Å². The zero-order chi connectivity index (χ0) is 8.55. The minimum atomic E-state index is 0.778. The third-order valence-corrected chi connectivity index (χ3v) is 3.09. The first kappa shape index (κ1) is 8.27. The van der Waals surface area contributed by atoms with Gasteiger partial charge in [-0.25, -0.2) is 0 Å². The summed E-state index contributed by atoms with van der Waals surface area (Å²) in [5.41, 5.74) is 4.14. The predicted molar refractivity (Wildman–Crippen MR) is 52.2 cm³/mol. The lowest BCUT2D eigenvalue weighted by Gasteiger charge is -2.19. The number of ether oxygens (including phenoxy) is 1. The highest BCUT2D eigenvalue weighted by molar-refractivity contribution is 9.10. The van der Waals surface area contributed by atoms with Crippen molar-refractivity contribution < 1.29 is 4.74 Å². The second-order valence-electron chi connectivity index (χ2n) is 3.12. The molecule has 0 saturated carbocycles. The first-order valence-electron chi connectivity index (χ1n) is 4.13. The molecule has 0 N–H and O–H groups in total. The summed E-state index contributed by atoms with van der Waals surface area (Å²) in [4.78, 5) is 0. The van der Waals surface area contributed by atoms with Gasteiger partial charge in [0.15, 0.2) is 0 Å². The zero-order valence-electron chi connectivity index (χ0n) is 7.06. The van der Waals surface area contributed by atoms with Crippen LogP contribution in [-0.4, -0.2) is 6.61 Å². The number of benzene rings is 1. The number of fused-ring (bicyclic) bond motifs is 1. The first-order chi connectivity index (χ1) is 5.79. The highest BCUT2D eigenvalue weighted by Gasteiger charge is 2.13. The van der Waals surface area contributed by atoms with E-state index in [1.807, 2.05) is 0 Å². The maximum Gasteiger partial charge on any atom is 0.0722 e. The fraction of sp³-hybridized carbons (Fsp3) is 0.400. The Morgan fingerprint density at radius 3 is 2.92 bits per heavy atom. The molecule has 0 radical (unpaired) electrons. The summed E-state index contributed by atoms with van der Waals surface area (Å²) in [5.74, 6) is 0. The molecule has 0 fully saturated rings. The topological polar surface area (TPSA) is 9.23 Å². The van der Waals surface area contributed by atoms with Gasteiger partial charge in [-0.15, -0.1) is 0 Å². The Bertz CT molecular complexity index is 276. The Morgan fingerprint density at radius 1 is 1.33 bits per heavy atom. The van der Waals surface area contributed by atoms with Gasteiger partial charge >= 0.3 is 0 Å². The van der Waals surface area contributed by atoms with Crippen molar-refractivity contribution in [3.8, 4) is 0 Å². The van der Waals surface area contributed by atoms with E-state index >= 15 is 0 Å². The van der Waals surface area contributed by atoms with Gasteiger partial charge in [-0.3, -0.25) is 0 Å². The molecule has 1 aliphatic heterocycles. The fourth-order valence-electron chi connectivity index (χ4n) is 1.60. The number of hydrogen-bond acceptors (Lipinski definition) is 1. The van der Waals surface area contributed by atoms with E-state index in [1.165, 1.54) is 21.2 Å². The Labute approximate surface area is 80.9 Å². The molecule has 64 valence electrons. The van der Waals surface area contributed by atoms with Crippen LogP contribution in [0.5, 0.6) is 0 Å². The molecular formula is C10H11BrO. The molecule has 1 heterocycles. The normalized spacial score (nSPS) is 15.8. The molecule has 0 bridgehead atoms. The van der Waals surface area contributed by atoms with E-state index in [4.69, 9.17) is 4.74 Å². The van der Waals surface area contributed by atoms with Gasteiger partial charge < -0.3 is 4.74 Å². The average molecular weight is 227 g/mol. The summed E-state index contributed by atoms with van der Waals surface area (Å²) in [6, 6.07) is 4.26. The van der Waals surface area contributed by atoms with Crippen LogP contribution in [0.15, 0.2) is 16.6 Å². The van der Waals surface area contributed by atoms with Crippen LogP contribution in [0.1, 0.15) is 16.7 Å². The lowest BCUT2D eigenvalue weighted by molar-refractivity contribution is 0.110. The highest BCUT2D eigenvalue weighted by Crippen LogP contribution is 2.27. The molecule has 1 aromatic carbocycles. The van der Waals surface area contributed by atoms with Gasteiger partial charge in [-0.05, 0) is 36.1 Å². The molecular weight excluding hydrogens is 216 g/mol. The Morgan fingerprint density at radius 2 is 2.17 bits per heavy atom. The van der Waals surface area contributed by atoms with Gasteiger partial charge in [0, 0.05) is 4.47 Å². The van der Waals surface area contributed by atoms with E-state index in [0.717, 1.165) is 19.6 Å². The van der Waals surface area contributed by atoms with Crippen molar-refractivity contribution in [2.24, 2.45) is 0 Å². The number of aryl methyl sites for hydroxylation is 1. The van der Waals surface area contributed by atoms with Crippen molar-refractivity contribution >= 4 is 15.9 Å². The monoisotopic (exact) mass is 226 g/mol. The SMILES string of the molecule is Cc1ccc(Br)c2c1COCC2. The summed E-state index contributed by atoms with van der Waals surface area (Å²) in [6.45, 7) is 3.77. The van der Waals surface area contributed by atoms with Crippen LogP contribution in [0.3, 0.4) is 0 Å². The fourth-order valence-corrected chi connectivity index (χ4v) is 2.17. The summed E-state index contributed by atoms with van der Waals surface area (Å²) in [7, 11) is 0. The molecule has 0 amide bonds. The minimum absolute atomic E-state index is 0.778. The van der Waals surface area contributed by atoms with Gasteiger partial charge in [0.2, 0.25) is 0 Å². The Kier molecular flexibility index (Phi) is 2.20. The number of halogens is 1. The van der Waals surface area contributed by atoms with Crippen molar-refractivity contribution in [2.45, 2.75) is 20.0 Å². The molecule has 0 unspecified atom stereocenters. The molecule has 1 aliphatic rings. The molecule has 0 atom stereocenters. The van der Waals surface area contributed by atoms with Crippen LogP contribution in [-0.2, 0) is 17.8 Å². The molecule has 2 heteroatoms. The molecule has 0 saturated heterocycles. The smallest absolute Gasteiger partial charge is 0.0722 e. The largest absolute Gasteiger partial charge is 0.376 e. The van der Waals surface area contributed by atoms with Crippen molar-refractivity contribution in [1.29, 1.82) is 0 Å². The third kappa shape index (κ3) is 1.29. The maximum atomic E-state index is 5.41. The van der Waals surface area contributed by atoms with Crippen LogP contribution in [0.4, 0.5) is 0 Å². The van der Waals surface area contributed by atoms with Gasteiger partial charge in [-0.2, -0.15) is 0 Å². The molecule has 1 nitrogen and oxygen atoms in total. The summed E-state index contributed by atoms with van der Waals surface area (Å²) < 4.78 is 6.64. The molecule has 0 aromatic heterocycles. The molecule has 0 spiro atoms. The standard InChI is InChI=1S/C10H11BrO/c1-7-2-3-10(11)8-4-5-12-6-9(7)8/h2-3H,4-6H2,1H3.